The van der Waals surface area contributed by atoms with Gasteiger partial charge in [0.2, 0.25) is 21.8 Å². The Bertz CT molecular complexity index is 1140. The van der Waals surface area contributed by atoms with Crippen LogP contribution >= 0.6 is 0 Å². The summed E-state index contributed by atoms with van der Waals surface area (Å²) >= 11 is 0. The smallest absolute Gasteiger partial charge is 0.247 e. The fourth-order valence-corrected chi connectivity index (χ4v) is 6.18. The summed E-state index contributed by atoms with van der Waals surface area (Å²) in [5, 5.41) is 3.03. The lowest BCUT2D eigenvalue weighted by Crippen LogP contribution is -2.70. The van der Waals surface area contributed by atoms with Crippen LogP contribution in [0, 0.1) is 5.82 Å². The Hall–Kier alpha value is -2.78. The number of carbonyl (C=O) groups excluding carboxylic acids is 2. The topological polar surface area (TPSA) is 86.8 Å². The second-order valence-corrected chi connectivity index (χ2v) is 10.8. The van der Waals surface area contributed by atoms with E-state index >= 15 is 0 Å². The van der Waals surface area contributed by atoms with Crippen LogP contribution in [0.4, 0.5) is 10.1 Å². The van der Waals surface area contributed by atoms with Crippen molar-refractivity contribution >= 4 is 27.5 Å². The van der Waals surface area contributed by atoms with Gasteiger partial charge in [-0.1, -0.05) is 43.5 Å². The number of sulfonamides is 1. The average Bonchev–Trinajstić information content (AvgIpc) is 2.80. The predicted molar refractivity (Wildman–Crippen MR) is 123 cm³/mol. The molecule has 176 valence electrons. The molecule has 2 aromatic rings. The van der Waals surface area contributed by atoms with E-state index in [0.29, 0.717) is 0 Å². The quantitative estimate of drug-likeness (QED) is 0.723. The number of rotatable bonds is 5. The van der Waals surface area contributed by atoms with Crippen molar-refractivity contribution in [3.05, 3.63) is 60.4 Å². The Morgan fingerprint density at radius 2 is 1.76 bits per heavy atom. The summed E-state index contributed by atoms with van der Waals surface area (Å²) in [7, 11) is -4.01. The standard InChI is InChI=1S/C24H28FN3O4S/c1-24(23(30)26-19-10-4-2-5-11-19)17-27(33(31,32)21-13-6-3-7-14-21)16-22(29)28(24)20-12-8-9-18(25)15-20/h3,6-9,12-15,19H,2,4-5,10-11,16-17H2,1H3,(H,26,30). The number of halogens is 1. The Labute approximate surface area is 193 Å². The van der Waals surface area contributed by atoms with Crippen molar-refractivity contribution in [1.82, 2.24) is 9.62 Å². The molecule has 2 aliphatic rings. The third-order valence-electron chi connectivity index (χ3n) is 6.42. The van der Waals surface area contributed by atoms with Gasteiger partial charge in [-0.2, -0.15) is 4.31 Å². The number of carbonyl (C=O) groups is 2. The van der Waals surface area contributed by atoms with Gasteiger partial charge in [-0.25, -0.2) is 12.8 Å². The van der Waals surface area contributed by atoms with Crippen LogP contribution in [0.25, 0.3) is 0 Å². The highest BCUT2D eigenvalue weighted by Crippen LogP contribution is 2.33. The first-order valence-corrected chi connectivity index (χ1v) is 12.6. The lowest BCUT2D eigenvalue weighted by molar-refractivity contribution is -0.133. The van der Waals surface area contributed by atoms with Crippen LogP contribution in [-0.2, 0) is 19.6 Å². The van der Waals surface area contributed by atoms with Crippen LogP contribution in [0.2, 0.25) is 0 Å². The maximum Gasteiger partial charge on any atom is 0.247 e. The summed E-state index contributed by atoms with van der Waals surface area (Å²) in [6.07, 6.45) is 4.79. The zero-order valence-corrected chi connectivity index (χ0v) is 19.4. The van der Waals surface area contributed by atoms with Crippen LogP contribution < -0.4 is 10.2 Å². The minimum Gasteiger partial charge on any atom is -0.351 e. The second kappa shape index (κ2) is 9.23. The lowest BCUT2D eigenvalue weighted by atomic mass is 9.91. The molecule has 33 heavy (non-hydrogen) atoms. The molecule has 0 bridgehead atoms. The molecule has 1 aliphatic carbocycles. The number of piperazine rings is 1. The number of benzene rings is 2. The molecule has 9 heteroatoms. The molecule has 1 saturated heterocycles. The van der Waals surface area contributed by atoms with Crippen molar-refractivity contribution in [2.24, 2.45) is 0 Å². The third-order valence-corrected chi connectivity index (χ3v) is 8.22. The highest BCUT2D eigenvalue weighted by atomic mass is 32.2. The fraction of sp³-hybridized carbons (Fsp3) is 0.417. The normalized spacial score (nSPS) is 22.8. The summed E-state index contributed by atoms with van der Waals surface area (Å²) in [4.78, 5) is 28.2. The second-order valence-electron chi connectivity index (χ2n) is 8.88. The molecular formula is C24H28FN3O4S. The van der Waals surface area contributed by atoms with Crippen LogP contribution in [0.5, 0.6) is 0 Å². The molecule has 1 heterocycles. The number of amides is 2. The number of anilines is 1. The molecule has 1 N–H and O–H groups in total. The maximum absolute atomic E-state index is 14.0. The molecule has 0 radical (unpaired) electrons. The number of hydrogen-bond acceptors (Lipinski definition) is 4. The van der Waals surface area contributed by atoms with Gasteiger partial charge in [0.15, 0.2) is 0 Å². The van der Waals surface area contributed by atoms with Crippen molar-refractivity contribution < 1.29 is 22.4 Å². The molecule has 0 aromatic heterocycles. The largest absolute Gasteiger partial charge is 0.351 e. The van der Waals surface area contributed by atoms with Crippen LogP contribution in [0.1, 0.15) is 39.0 Å². The van der Waals surface area contributed by atoms with E-state index in [1.54, 1.807) is 31.2 Å². The van der Waals surface area contributed by atoms with Crippen molar-refractivity contribution in [3.8, 4) is 0 Å². The first kappa shape index (κ1) is 23.4. The molecule has 4 rings (SSSR count). The zero-order chi connectivity index (χ0) is 23.6. The summed E-state index contributed by atoms with van der Waals surface area (Å²) in [6.45, 7) is 0.853. The molecule has 1 aliphatic heterocycles. The van der Waals surface area contributed by atoms with Gasteiger partial charge in [-0.05, 0) is 50.1 Å². The minimum atomic E-state index is -4.01. The number of hydrogen-bond donors (Lipinski definition) is 1. The molecule has 1 unspecified atom stereocenters. The summed E-state index contributed by atoms with van der Waals surface area (Å²) in [6, 6.07) is 13.2. The average molecular weight is 474 g/mol. The third kappa shape index (κ3) is 4.65. The molecule has 0 spiro atoms. The van der Waals surface area contributed by atoms with Crippen LogP contribution in [-0.4, -0.2) is 49.2 Å². The summed E-state index contributed by atoms with van der Waals surface area (Å²) in [5.74, 6) is -1.58. The van der Waals surface area contributed by atoms with Gasteiger partial charge in [-0.15, -0.1) is 0 Å². The van der Waals surface area contributed by atoms with Gasteiger partial charge < -0.3 is 5.32 Å². The van der Waals surface area contributed by atoms with E-state index in [0.717, 1.165) is 36.4 Å². The SMILES string of the molecule is CC1(C(=O)NC2CCCCC2)CN(S(=O)(=O)c2ccccc2)CC(=O)N1c1cccc(F)c1. The molecule has 2 aromatic carbocycles. The first-order chi connectivity index (χ1) is 15.7. The van der Waals surface area contributed by atoms with Crippen LogP contribution in [0.3, 0.4) is 0 Å². The number of nitrogens with one attached hydrogen (secondary N) is 1. The van der Waals surface area contributed by atoms with E-state index in [4.69, 9.17) is 0 Å². The number of nitrogens with zero attached hydrogens (tertiary/aromatic N) is 2. The predicted octanol–water partition coefficient (Wildman–Crippen LogP) is 3.07. The maximum atomic E-state index is 14.0. The van der Waals surface area contributed by atoms with E-state index in [-0.39, 0.29) is 23.2 Å². The summed E-state index contributed by atoms with van der Waals surface area (Å²) < 4.78 is 41.6. The van der Waals surface area contributed by atoms with E-state index in [1.807, 2.05) is 0 Å². The Morgan fingerprint density at radius 3 is 2.42 bits per heavy atom. The van der Waals surface area contributed by atoms with E-state index in [2.05, 4.69) is 5.32 Å². The lowest BCUT2D eigenvalue weighted by Gasteiger charge is -2.47. The van der Waals surface area contributed by atoms with E-state index in [9.17, 15) is 22.4 Å². The molecule has 2 fully saturated rings. The molecule has 7 nitrogen and oxygen atoms in total. The molecule has 1 saturated carbocycles. The van der Waals surface area contributed by atoms with E-state index in [1.165, 1.54) is 35.2 Å². The van der Waals surface area contributed by atoms with Gasteiger partial charge >= 0.3 is 0 Å². The Morgan fingerprint density at radius 1 is 1.06 bits per heavy atom. The van der Waals surface area contributed by atoms with Crippen molar-refractivity contribution in [3.63, 3.8) is 0 Å². The van der Waals surface area contributed by atoms with Crippen molar-refractivity contribution in [2.75, 3.05) is 18.0 Å². The molecule has 2 amide bonds. The van der Waals surface area contributed by atoms with Crippen LogP contribution in [0.15, 0.2) is 59.5 Å². The summed E-state index contributed by atoms with van der Waals surface area (Å²) in [5.41, 5.74) is -1.33. The van der Waals surface area contributed by atoms with Gasteiger partial charge in [-0.3, -0.25) is 14.5 Å². The first-order valence-electron chi connectivity index (χ1n) is 11.2. The van der Waals surface area contributed by atoms with Gasteiger partial charge in [0.25, 0.3) is 0 Å². The minimum absolute atomic E-state index is 0.0337. The van der Waals surface area contributed by atoms with Gasteiger partial charge in [0, 0.05) is 18.3 Å². The molecule has 1 atom stereocenters. The van der Waals surface area contributed by atoms with Crippen molar-refractivity contribution in [2.45, 2.75) is 55.5 Å². The monoisotopic (exact) mass is 473 g/mol. The Kier molecular flexibility index (Phi) is 6.54. The fourth-order valence-electron chi connectivity index (χ4n) is 4.68. The van der Waals surface area contributed by atoms with Gasteiger partial charge in [0.05, 0.1) is 11.4 Å². The highest BCUT2D eigenvalue weighted by molar-refractivity contribution is 7.89. The Balaban J connectivity index is 1.72. The zero-order valence-electron chi connectivity index (χ0n) is 18.5. The van der Waals surface area contributed by atoms with Gasteiger partial charge in [0.1, 0.15) is 11.4 Å². The molecular weight excluding hydrogens is 445 g/mol. The van der Waals surface area contributed by atoms with E-state index < -0.39 is 39.7 Å². The highest BCUT2D eigenvalue weighted by Gasteiger charge is 2.51. The van der Waals surface area contributed by atoms with Crippen molar-refractivity contribution in [1.29, 1.82) is 0 Å².